The molecule has 0 aliphatic carbocycles. The summed E-state index contributed by atoms with van der Waals surface area (Å²) in [6, 6.07) is 9.59. The van der Waals surface area contributed by atoms with Crippen molar-refractivity contribution < 1.29 is 9.53 Å². The van der Waals surface area contributed by atoms with Crippen LogP contribution in [0.5, 0.6) is 0 Å². The van der Waals surface area contributed by atoms with E-state index in [0.717, 1.165) is 12.0 Å². The number of rotatable bonds is 7. The molecule has 1 aromatic rings. The van der Waals surface area contributed by atoms with E-state index in [1.54, 1.807) is 0 Å². The van der Waals surface area contributed by atoms with Crippen LogP contribution in [-0.2, 0) is 9.53 Å². The van der Waals surface area contributed by atoms with Gasteiger partial charge in [-0.2, -0.15) is 0 Å². The van der Waals surface area contributed by atoms with Crippen LogP contribution in [0, 0.1) is 0 Å². The largest absolute Gasteiger partial charge is 0.364 e. The van der Waals surface area contributed by atoms with Crippen LogP contribution in [0.3, 0.4) is 0 Å². The first-order valence-corrected chi connectivity index (χ1v) is 6.35. The van der Waals surface area contributed by atoms with Crippen LogP contribution in [0.1, 0.15) is 31.9 Å². The number of benzene rings is 1. The fourth-order valence-corrected chi connectivity index (χ4v) is 1.63. The third-order valence-electron chi connectivity index (χ3n) is 2.57. The predicted octanol–water partition coefficient (Wildman–Crippen LogP) is 2.04. The first-order valence-electron chi connectivity index (χ1n) is 6.35. The van der Waals surface area contributed by atoms with Crippen LogP contribution < -0.4 is 11.1 Å². The monoisotopic (exact) mass is 286 g/mol. The maximum Gasteiger partial charge on any atom is 0.253 e. The maximum atomic E-state index is 12.0. The summed E-state index contributed by atoms with van der Waals surface area (Å²) in [4.78, 5) is 12.0. The van der Waals surface area contributed by atoms with E-state index in [0.29, 0.717) is 13.2 Å². The van der Waals surface area contributed by atoms with E-state index in [9.17, 15) is 4.79 Å². The van der Waals surface area contributed by atoms with Gasteiger partial charge in [-0.15, -0.1) is 12.4 Å². The minimum atomic E-state index is -0.538. The van der Waals surface area contributed by atoms with Crippen LogP contribution in [0.2, 0.25) is 0 Å². The van der Waals surface area contributed by atoms with Gasteiger partial charge in [0.2, 0.25) is 0 Å². The zero-order chi connectivity index (χ0) is 13.4. The highest BCUT2D eigenvalue weighted by molar-refractivity contribution is 5.85. The highest BCUT2D eigenvalue weighted by atomic mass is 35.5. The number of carbonyl (C=O) groups excluding carboxylic acids is 1. The van der Waals surface area contributed by atoms with Crippen LogP contribution in [0.25, 0.3) is 0 Å². The Kier molecular flexibility index (Phi) is 9.21. The summed E-state index contributed by atoms with van der Waals surface area (Å²) in [5.41, 5.74) is 6.51. The third kappa shape index (κ3) is 6.57. The Labute approximate surface area is 121 Å². The van der Waals surface area contributed by atoms with Gasteiger partial charge in [0.1, 0.15) is 0 Å². The van der Waals surface area contributed by atoms with Gasteiger partial charge >= 0.3 is 0 Å². The molecule has 0 aromatic heterocycles. The molecule has 0 radical (unpaired) electrons. The van der Waals surface area contributed by atoms with Crippen molar-refractivity contribution in [1.82, 2.24) is 5.32 Å². The summed E-state index contributed by atoms with van der Waals surface area (Å²) in [7, 11) is 0. The smallest absolute Gasteiger partial charge is 0.253 e. The summed E-state index contributed by atoms with van der Waals surface area (Å²) in [6.07, 6.45) is 0.226. The number of amides is 1. The number of ether oxygens (including phenoxy) is 1. The summed E-state index contributed by atoms with van der Waals surface area (Å²) >= 11 is 0. The van der Waals surface area contributed by atoms with Crippen LogP contribution >= 0.6 is 12.4 Å². The lowest BCUT2D eigenvalue weighted by Crippen LogP contribution is -2.33. The van der Waals surface area contributed by atoms with Gasteiger partial charge < -0.3 is 15.8 Å². The standard InChI is InChI=1S/C14H22N2O2.ClH/c1-3-18-13(12-7-5-4-6-8-12)14(17)16-10-9-11(2)15;/h4-8,11,13H,3,9-10,15H2,1-2H3,(H,16,17);1H. The van der Waals surface area contributed by atoms with Crippen molar-refractivity contribution in [2.45, 2.75) is 32.4 Å². The number of nitrogens with two attached hydrogens (primary N) is 1. The van der Waals surface area contributed by atoms with Crippen LogP contribution in [0.15, 0.2) is 30.3 Å². The van der Waals surface area contributed by atoms with Gasteiger partial charge in [-0.1, -0.05) is 30.3 Å². The Bertz CT molecular complexity index is 358. The molecule has 2 atom stereocenters. The van der Waals surface area contributed by atoms with Crippen LogP contribution in [-0.4, -0.2) is 25.1 Å². The average Bonchev–Trinajstić information content (AvgIpc) is 2.36. The average molecular weight is 287 g/mol. The second-order valence-electron chi connectivity index (χ2n) is 4.30. The van der Waals surface area contributed by atoms with Crippen molar-refractivity contribution in [1.29, 1.82) is 0 Å². The SMILES string of the molecule is CCOC(C(=O)NCCC(C)N)c1ccccc1.Cl. The molecule has 0 bridgehead atoms. The van der Waals surface area contributed by atoms with Crippen molar-refractivity contribution in [3.05, 3.63) is 35.9 Å². The van der Waals surface area contributed by atoms with E-state index in [-0.39, 0.29) is 24.4 Å². The highest BCUT2D eigenvalue weighted by Crippen LogP contribution is 2.17. The zero-order valence-corrected chi connectivity index (χ0v) is 12.3. The van der Waals surface area contributed by atoms with E-state index in [1.165, 1.54) is 0 Å². The number of halogens is 1. The Hall–Kier alpha value is -1.10. The molecule has 4 nitrogen and oxygen atoms in total. The molecule has 1 rings (SSSR count). The van der Waals surface area contributed by atoms with E-state index >= 15 is 0 Å². The Morgan fingerprint density at radius 3 is 2.53 bits per heavy atom. The van der Waals surface area contributed by atoms with Gasteiger partial charge in [-0.3, -0.25) is 4.79 Å². The molecule has 0 aliphatic heterocycles. The van der Waals surface area contributed by atoms with Crippen molar-refractivity contribution in [3.63, 3.8) is 0 Å². The molecule has 0 saturated heterocycles. The highest BCUT2D eigenvalue weighted by Gasteiger charge is 2.20. The van der Waals surface area contributed by atoms with Gasteiger partial charge in [-0.25, -0.2) is 0 Å². The lowest BCUT2D eigenvalue weighted by Gasteiger charge is -2.17. The maximum absolute atomic E-state index is 12.0. The lowest BCUT2D eigenvalue weighted by atomic mass is 10.1. The Morgan fingerprint density at radius 2 is 2.00 bits per heavy atom. The fourth-order valence-electron chi connectivity index (χ4n) is 1.63. The second kappa shape index (κ2) is 9.78. The van der Waals surface area contributed by atoms with E-state index < -0.39 is 6.10 Å². The number of hydrogen-bond acceptors (Lipinski definition) is 3. The molecule has 5 heteroatoms. The molecule has 1 amide bonds. The minimum Gasteiger partial charge on any atom is -0.364 e. The summed E-state index contributed by atoms with van der Waals surface area (Å²) in [5.74, 6) is -0.108. The van der Waals surface area contributed by atoms with Crippen molar-refractivity contribution in [2.75, 3.05) is 13.2 Å². The van der Waals surface area contributed by atoms with Gasteiger partial charge in [-0.05, 0) is 25.8 Å². The predicted molar refractivity (Wildman–Crippen MR) is 79.3 cm³/mol. The van der Waals surface area contributed by atoms with Gasteiger partial charge in [0.15, 0.2) is 6.10 Å². The Balaban J connectivity index is 0.00000324. The number of hydrogen-bond donors (Lipinski definition) is 2. The molecule has 0 fully saturated rings. The van der Waals surface area contributed by atoms with E-state index in [1.807, 2.05) is 44.2 Å². The molecule has 0 heterocycles. The summed E-state index contributed by atoms with van der Waals surface area (Å²) in [5, 5.41) is 2.85. The molecule has 3 N–H and O–H groups in total. The fraction of sp³-hybridized carbons (Fsp3) is 0.500. The first kappa shape index (κ1) is 17.9. The van der Waals surface area contributed by atoms with Gasteiger partial charge in [0.05, 0.1) is 0 Å². The second-order valence-corrected chi connectivity index (χ2v) is 4.30. The summed E-state index contributed by atoms with van der Waals surface area (Å²) < 4.78 is 5.50. The quantitative estimate of drug-likeness (QED) is 0.806. The van der Waals surface area contributed by atoms with Crippen molar-refractivity contribution in [2.24, 2.45) is 5.73 Å². The number of carbonyl (C=O) groups is 1. The molecule has 19 heavy (non-hydrogen) atoms. The van der Waals surface area contributed by atoms with Gasteiger partial charge in [0, 0.05) is 19.2 Å². The molecule has 108 valence electrons. The summed E-state index contributed by atoms with van der Waals surface area (Å²) in [6.45, 7) is 4.88. The molecule has 1 aromatic carbocycles. The molecule has 0 aliphatic rings. The third-order valence-corrected chi connectivity index (χ3v) is 2.57. The Morgan fingerprint density at radius 1 is 1.37 bits per heavy atom. The van der Waals surface area contributed by atoms with Gasteiger partial charge in [0.25, 0.3) is 5.91 Å². The molecule has 0 saturated carbocycles. The normalized spacial score (nSPS) is 13.2. The van der Waals surface area contributed by atoms with E-state index in [4.69, 9.17) is 10.5 Å². The molecular formula is C14H23ClN2O2. The van der Waals surface area contributed by atoms with E-state index in [2.05, 4.69) is 5.32 Å². The lowest BCUT2D eigenvalue weighted by molar-refractivity contribution is -0.133. The molecular weight excluding hydrogens is 264 g/mol. The van der Waals surface area contributed by atoms with Crippen molar-refractivity contribution in [3.8, 4) is 0 Å². The molecule has 0 spiro atoms. The first-order chi connectivity index (χ1) is 8.65. The molecule has 2 unspecified atom stereocenters. The number of nitrogens with one attached hydrogen (secondary N) is 1. The van der Waals surface area contributed by atoms with Crippen molar-refractivity contribution >= 4 is 18.3 Å². The zero-order valence-electron chi connectivity index (χ0n) is 11.5. The van der Waals surface area contributed by atoms with Crippen LogP contribution in [0.4, 0.5) is 0 Å². The minimum absolute atomic E-state index is 0. The topological polar surface area (TPSA) is 64.3 Å².